The Morgan fingerprint density at radius 2 is 1.78 bits per heavy atom. The van der Waals surface area contributed by atoms with Gasteiger partial charge < -0.3 is 19.1 Å². The minimum absolute atomic E-state index is 0.0522. The Balaban J connectivity index is 1.55. The first-order chi connectivity index (χ1) is 15.7. The molecule has 3 aromatic rings. The van der Waals surface area contributed by atoms with E-state index < -0.39 is 0 Å². The van der Waals surface area contributed by atoms with Crippen molar-refractivity contribution in [3.05, 3.63) is 76.0 Å². The number of carbonyl (C=O) groups is 1. The van der Waals surface area contributed by atoms with Crippen LogP contribution in [0.2, 0.25) is 0 Å². The molecule has 4 rings (SSSR count). The van der Waals surface area contributed by atoms with Crippen molar-refractivity contribution < 1.29 is 19.0 Å². The standard InChI is InChI=1S/C26H29NO4S/c1-29-22-12-10-20(11-13-22)26(28)27(21-6-3-4-7-21)17-19-9-14-24(30-2)25(16-19)31-18-23-8-5-15-32-23/h5,8-16,21H,3-4,6-7,17-18H2,1-2H3. The number of rotatable bonds is 9. The number of ether oxygens (including phenoxy) is 3. The molecule has 5 nitrogen and oxygen atoms in total. The van der Waals surface area contributed by atoms with E-state index in [-0.39, 0.29) is 11.9 Å². The van der Waals surface area contributed by atoms with Gasteiger partial charge in [-0.2, -0.15) is 0 Å². The van der Waals surface area contributed by atoms with Crippen LogP contribution in [-0.2, 0) is 13.2 Å². The molecule has 1 amide bonds. The number of amides is 1. The first-order valence-electron chi connectivity index (χ1n) is 10.9. The van der Waals surface area contributed by atoms with Crippen LogP contribution < -0.4 is 14.2 Å². The average molecular weight is 452 g/mol. The highest BCUT2D eigenvalue weighted by Crippen LogP contribution is 2.32. The van der Waals surface area contributed by atoms with Gasteiger partial charge in [0.15, 0.2) is 11.5 Å². The number of hydrogen-bond donors (Lipinski definition) is 0. The third kappa shape index (κ3) is 5.25. The molecule has 0 radical (unpaired) electrons. The van der Waals surface area contributed by atoms with Gasteiger partial charge in [0.2, 0.25) is 0 Å². The van der Waals surface area contributed by atoms with Crippen molar-refractivity contribution in [2.45, 2.75) is 44.9 Å². The Morgan fingerprint density at radius 3 is 2.44 bits per heavy atom. The molecule has 0 saturated heterocycles. The van der Waals surface area contributed by atoms with Gasteiger partial charge in [0.25, 0.3) is 5.91 Å². The van der Waals surface area contributed by atoms with Crippen molar-refractivity contribution >= 4 is 17.2 Å². The molecule has 1 aliphatic carbocycles. The molecule has 32 heavy (non-hydrogen) atoms. The van der Waals surface area contributed by atoms with Gasteiger partial charge in [-0.15, -0.1) is 11.3 Å². The van der Waals surface area contributed by atoms with Gasteiger partial charge in [-0.25, -0.2) is 0 Å². The fraction of sp³-hybridized carbons (Fsp3) is 0.346. The topological polar surface area (TPSA) is 48.0 Å². The second kappa shape index (κ2) is 10.6. The van der Waals surface area contributed by atoms with Crippen molar-refractivity contribution in [1.29, 1.82) is 0 Å². The van der Waals surface area contributed by atoms with Crippen molar-refractivity contribution in [3.8, 4) is 17.2 Å². The first-order valence-corrected chi connectivity index (χ1v) is 11.8. The Kier molecular flexibility index (Phi) is 7.32. The lowest BCUT2D eigenvalue weighted by Crippen LogP contribution is -2.38. The largest absolute Gasteiger partial charge is 0.497 e. The number of benzene rings is 2. The third-order valence-electron chi connectivity index (χ3n) is 5.89. The monoisotopic (exact) mass is 451 g/mol. The van der Waals surface area contributed by atoms with Gasteiger partial charge in [0.05, 0.1) is 14.2 Å². The second-order valence-corrected chi connectivity index (χ2v) is 8.99. The van der Waals surface area contributed by atoms with Crippen molar-refractivity contribution in [2.75, 3.05) is 14.2 Å². The van der Waals surface area contributed by atoms with Crippen molar-refractivity contribution in [3.63, 3.8) is 0 Å². The normalized spacial score (nSPS) is 13.7. The smallest absolute Gasteiger partial charge is 0.254 e. The molecule has 0 spiro atoms. The van der Waals surface area contributed by atoms with Crippen LogP contribution in [0.25, 0.3) is 0 Å². The molecule has 1 heterocycles. The van der Waals surface area contributed by atoms with E-state index in [1.54, 1.807) is 25.6 Å². The molecule has 0 N–H and O–H groups in total. The van der Waals surface area contributed by atoms with Gasteiger partial charge in [0, 0.05) is 23.0 Å². The Labute approximate surface area is 193 Å². The lowest BCUT2D eigenvalue weighted by molar-refractivity contribution is 0.0664. The average Bonchev–Trinajstić information content (AvgIpc) is 3.55. The summed E-state index contributed by atoms with van der Waals surface area (Å²) in [5, 5.41) is 2.04. The highest BCUT2D eigenvalue weighted by atomic mass is 32.1. The summed E-state index contributed by atoms with van der Waals surface area (Å²) in [5.41, 5.74) is 1.71. The predicted molar refractivity (Wildman–Crippen MR) is 127 cm³/mol. The van der Waals surface area contributed by atoms with Crippen LogP contribution in [0.15, 0.2) is 60.0 Å². The molecule has 0 unspecified atom stereocenters. The first kappa shape index (κ1) is 22.2. The summed E-state index contributed by atoms with van der Waals surface area (Å²) in [6.07, 6.45) is 4.41. The summed E-state index contributed by atoms with van der Waals surface area (Å²) in [4.78, 5) is 16.6. The van der Waals surface area contributed by atoms with E-state index in [2.05, 4.69) is 6.07 Å². The Bertz CT molecular complexity index is 1010. The minimum Gasteiger partial charge on any atom is -0.497 e. The molecule has 0 atom stereocenters. The number of hydrogen-bond acceptors (Lipinski definition) is 5. The van der Waals surface area contributed by atoms with E-state index >= 15 is 0 Å². The van der Waals surface area contributed by atoms with Crippen LogP contribution >= 0.6 is 11.3 Å². The molecule has 0 bridgehead atoms. The molecular weight excluding hydrogens is 422 g/mol. The molecule has 1 aromatic heterocycles. The van der Waals surface area contributed by atoms with Gasteiger partial charge in [-0.05, 0) is 66.2 Å². The summed E-state index contributed by atoms with van der Waals surface area (Å²) >= 11 is 1.66. The number of carbonyl (C=O) groups excluding carboxylic acids is 1. The zero-order valence-corrected chi connectivity index (χ0v) is 19.4. The minimum atomic E-state index is 0.0522. The summed E-state index contributed by atoms with van der Waals surface area (Å²) in [6.45, 7) is 1.03. The summed E-state index contributed by atoms with van der Waals surface area (Å²) in [6, 6.07) is 17.6. The van der Waals surface area contributed by atoms with E-state index in [4.69, 9.17) is 14.2 Å². The van der Waals surface area contributed by atoms with E-state index in [9.17, 15) is 4.79 Å². The summed E-state index contributed by atoms with van der Waals surface area (Å²) < 4.78 is 16.8. The molecule has 1 saturated carbocycles. The quantitative estimate of drug-likeness (QED) is 0.405. The molecular formula is C26H29NO4S. The molecule has 1 fully saturated rings. The van der Waals surface area contributed by atoms with E-state index in [0.717, 1.165) is 41.9 Å². The van der Waals surface area contributed by atoms with Gasteiger partial charge in [-0.3, -0.25) is 4.79 Å². The highest BCUT2D eigenvalue weighted by molar-refractivity contribution is 7.09. The maximum Gasteiger partial charge on any atom is 0.254 e. The lowest BCUT2D eigenvalue weighted by atomic mass is 10.1. The summed E-state index contributed by atoms with van der Waals surface area (Å²) in [5.74, 6) is 2.19. The fourth-order valence-corrected chi connectivity index (χ4v) is 4.77. The third-order valence-corrected chi connectivity index (χ3v) is 6.74. The number of nitrogens with zero attached hydrogens (tertiary/aromatic N) is 1. The maximum absolute atomic E-state index is 13.5. The lowest BCUT2D eigenvalue weighted by Gasteiger charge is -2.29. The Morgan fingerprint density at radius 1 is 1.00 bits per heavy atom. The maximum atomic E-state index is 13.5. The zero-order valence-electron chi connectivity index (χ0n) is 18.6. The Hall–Kier alpha value is -2.99. The van der Waals surface area contributed by atoms with Crippen LogP contribution in [0, 0.1) is 0 Å². The zero-order chi connectivity index (χ0) is 22.3. The van der Waals surface area contributed by atoms with Crippen LogP contribution in [0.3, 0.4) is 0 Å². The van der Waals surface area contributed by atoms with Gasteiger partial charge in [-0.1, -0.05) is 25.0 Å². The highest BCUT2D eigenvalue weighted by Gasteiger charge is 2.28. The van der Waals surface area contributed by atoms with Crippen LogP contribution in [0.1, 0.15) is 46.5 Å². The van der Waals surface area contributed by atoms with E-state index in [1.165, 1.54) is 0 Å². The van der Waals surface area contributed by atoms with E-state index in [0.29, 0.717) is 30.2 Å². The second-order valence-electron chi connectivity index (χ2n) is 7.95. The number of thiophene rings is 1. The molecule has 2 aromatic carbocycles. The van der Waals surface area contributed by atoms with E-state index in [1.807, 2.05) is 58.8 Å². The van der Waals surface area contributed by atoms with Crippen molar-refractivity contribution in [1.82, 2.24) is 4.90 Å². The molecule has 0 aliphatic heterocycles. The van der Waals surface area contributed by atoms with Gasteiger partial charge in [0.1, 0.15) is 12.4 Å². The number of methoxy groups -OCH3 is 2. The van der Waals surface area contributed by atoms with Crippen LogP contribution in [-0.4, -0.2) is 31.1 Å². The van der Waals surface area contributed by atoms with Crippen LogP contribution in [0.5, 0.6) is 17.2 Å². The molecule has 1 aliphatic rings. The SMILES string of the molecule is COc1ccc(C(=O)N(Cc2ccc(OC)c(OCc3cccs3)c2)C2CCCC2)cc1. The molecule has 6 heteroatoms. The van der Waals surface area contributed by atoms with Crippen molar-refractivity contribution in [2.24, 2.45) is 0 Å². The molecule has 168 valence electrons. The predicted octanol–water partition coefficient (Wildman–Crippen LogP) is 5.93. The van der Waals surface area contributed by atoms with Crippen LogP contribution in [0.4, 0.5) is 0 Å². The fourth-order valence-electron chi connectivity index (χ4n) is 4.15. The summed E-state index contributed by atoms with van der Waals surface area (Å²) in [7, 11) is 3.27. The van der Waals surface area contributed by atoms with Gasteiger partial charge >= 0.3 is 0 Å².